The Morgan fingerprint density at radius 2 is 1.77 bits per heavy atom. The minimum atomic E-state index is -0.781. The molecule has 0 saturated carbocycles. The summed E-state index contributed by atoms with van der Waals surface area (Å²) in [6.45, 7) is 3.71. The molecule has 1 aliphatic heterocycles. The number of carbonyl (C=O) groups is 2. The molecule has 1 saturated heterocycles. The standard InChI is InChI=1S/C26H31N5O4/c1-3-31-22-12-8-7-11-20(22)28-23(24(31)32)30-15-13-19(14-16-30)27-26(34)29-21(25(33)35-2)17-18-9-5-4-6-10-18/h4-12,19,21H,3,13-17H2,1-2H3,(H2,27,29,34)/t21-/m1/s1. The molecule has 3 aromatic rings. The third kappa shape index (κ3) is 5.62. The van der Waals surface area contributed by atoms with E-state index in [4.69, 9.17) is 4.74 Å². The topological polar surface area (TPSA) is 106 Å². The first-order valence-corrected chi connectivity index (χ1v) is 11.9. The lowest BCUT2D eigenvalue weighted by atomic mass is 10.0. The molecule has 2 N–H and O–H groups in total. The second-order valence-electron chi connectivity index (χ2n) is 8.62. The Labute approximate surface area is 204 Å². The highest BCUT2D eigenvalue weighted by atomic mass is 16.5. The molecule has 0 radical (unpaired) electrons. The van der Waals surface area contributed by atoms with Crippen LogP contribution in [0.5, 0.6) is 0 Å². The number of urea groups is 1. The van der Waals surface area contributed by atoms with Gasteiger partial charge in [0.1, 0.15) is 6.04 Å². The second-order valence-corrected chi connectivity index (χ2v) is 8.62. The smallest absolute Gasteiger partial charge is 0.328 e. The van der Waals surface area contributed by atoms with Gasteiger partial charge in [0.2, 0.25) is 0 Å². The van der Waals surface area contributed by atoms with Crippen molar-refractivity contribution in [1.29, 1.82) is 0 Å². The van der Waals surface area contributed by atoms with Gasteiger partial charge in [-0.2, -0.15) is 0 Å². The van der Waals surface area contributed by atoms with Crippen LogP contribution in [0.4, 0.5) is 10.6 Å². The molecule has 1 aromatic heterocycles. The molecular weight excluding hydrogens is 446 g/mol. The molecule has 1 atom stereocenters. The summed E-state index contributed by atoms with van der Waals surface area (Å²) >= 11 is 0. The number of rotatable bonds is 7. The number of fused-ring (bicyclic) bond motifs is 1. The minimum Gasteiger partial charge on any atom is -0.467 e. The van der Waals surface area contributed by atoms with Crippen LogP contribution in [0, 0.1) is 0 Å². The monoisotopic (exact) mass is 477 g/mol. The van der Waals surface area contributed by atoms with Crippen molar-refractivity contribution >= 4 is 28.9 Å². The van der Waals surface area contributed by atoms with Crippen LogP contribution < -0.4 is 21.1 Å². The summed E-state index contributed by atoms with van der Waals surface area (Å²) in [6.07, 6.45) is 1.67. The Kier molecular flexibility index (Phi) is 7.64. The second kappa shape index (κ2) is 11.0. The lowest BCUT2D eigenvalue weighted by Crippen LogP contribution is -2.53. The predicted octanol–water partition coefficient (Wildman–Crippen LogP) is 2.47. The SMILES string of the molecule is CCn1c(=O)c(N2CCC(NC(=O)N[C@H](Cc3ccccc3)C(=O)OC)CC2)nc2ccccc21. The van der Waals surface area contributed by atoms with Crippen molar-refractivity contribution < 1.29 is 14.3 Å². The molecule has 35 heavy (non-hydrogen) atoms. The van der Waals surface area contributed by atoms with Gasteiger partial charge in [-0.25, -0.2) is 14.6 Å². The normalized spacial score (nSPS) is 15.0. The molecule has 9 nitrogen and oxygen atoms in total. The molecule has 0 spiro atoms. The van der Waals surface area contributed by atoms with E-state index in [0.717, 1.165) is 16.6 Å². The number of ether oxygens (including phenoxy) is 1. The van der Waals surface area contributed by atoms with Gasteiger partial charge in [-0.1, -0.05) is 42.5 Å². The number of hydrogen-bond acceptors (Lipinski definition) is 6. The summed E-state index contributed by atoms with van der Waals surface area (Å²) in [6, 6.07) is 15.8. The fourth-order valence-electron chi connectivity index (χ4n) is 4.51. The number of para-hydroxylation sites is 2. The maximum Gasteiger partial charge on any atom is 0.328 e. The number of carbonyl (C=O) groups excluding carboxylic acids is 2. The quantitative estimate of drug-likeness (QED) is 0.507. The molecule has 2 amide bonds. The number of aromatic nitrogens is 2. The molecule has 0 unspecified atom stereocenters. The van der Waals surface area contributed by atoms with Gasteiger partial charge in [0.15, 0.2) is 5.82 Å². The molecule has 4 rings (SSSR count). The van der Waals surface area contributed by atoms with Crippen LogP contribution in [0.15, 0.2) is 59.4 Å². The highest BCUT2D eigenvalue weighted by Gasteiger charge is 2.27. The lowest BCUT2D eigenvalue weighted by molar-refractivity contribution is -0.142. The molecule has 0 bridgehead atoms. The van der Waals surface area contributed by atoms with E-state index in [1.54, 1.807) is 4.57 Å². The molecular formula is C26H31N5O4. The van der Waals surface area contributed by atoms with E-state index in [9.17, 15) is 14.4 Å². The number of methoxy groups -OCH3 is 1. The van der Waals surface area contributed by atoms with Crippen LogP contribution in [0.25, 0.3) is 11.0 Å². The third-order valence-corrected chi connectivity index (χ3v) is 6.35. The molecule has 2 aromatic carbocycles. The van der Waals surface area contributed by atoms with Gasteiger partial charge in [0, 0.05) is 32.1 Å². The van der Waals surface area contributed by atoms with Crippen LogP contribution in [0.1, 0.15) is 25.3 Å². The van der Waals surface area contributed by atoms with Crippen LogP contribution in [0.2, 0.25) is 0 Å². The van der Waals surface area contributed by atoms with Crippen molar-refractivity contribution in [2.45, 2.75) is 44.8 Å². The third-order valence-electron chi connectivity index (χ3n) is 6.35. The number of piperidine rings is 1. The molecule has 9 heteroatoms. The fraction of sp³-hybridized carbons (Fsp3) is 0.385. The number of esters is 1. The first-order valence-electron chi connectivity index (χ1n) is 11.9. The van der Waals surface area contributed by atoms with Gasteiger partial charge in [0.05, 0.1) is 18.1 Å². The number of nitrogens with one attached hydrogen (secondary N) is 2. The molecule has 1 aliphatic rings. The van der Waals surface area contributed by atoms with Gasteiger partial charge in [-0.3, -0.25) is 4.79 Å². The number of nitrogens with zero attached hydrogens (tertiary/aromatic N) is 3. The molecule has 184 valence electrons. The van der Waals surface area contributed by atoms with E-state index in [-0.39, 0.29) is 11.6 Å². The number of benzene rings is 2. The highest BCUT2D eigenvalue weighted by molar-refractivity contribution is 5.84. The maximum absolute atomic E-state index is 13.1. The Balaban J connectivity index is 1.37. The van der Waals surface area contributed by atoms with E-state index >= 15 is 0 Å². The van der Waals surface area contributed by atoms with Crippen LogP contribution in [-0.2, 0) is 22.5 Å². The van der Waals surface area contributed by atoms with Crippen molar-refractivity contribution in [3.05, 3.63) is 70.5 Å². The first kappa shape index (κ1) is 24.3. The summed E-state index contributed by atoms with van der Waals surface area (Å²) < 4.78 is 6.62. The minimum absolute atomic E-state index is 0.0740. The number of amides is 2. The van der Waals surface area contributed by atoms with Gasteiger partial charge >= 0.3 is 12.0 Å². The summed E-state index contributed by atoms with van der Waals surface area (Å²) in [5.41, 5.74) is 2.44. The average molecular weight is 478 g/mol. The van der Waals surface area contributed by atoms with Crippen molar-refractivity contribution in [2.24, 2.45) is 0 Å². The van der Waals surface area contributed by atoms with Crippen molar-refractivity contribution in [1.82, 2.24) is 20.2 Å². The largest absolute Gasteiger partial charge is 0.467 e. The Morgan fingerprint density at radius 1 is 1.09 bits per heavy atom. The van der Waals surface area contributed by atoms with Gasteiger partial charge in [-0.15, -0.1) is 0 Å². The Hall–Kier alpha value is -3.88. The fourth-order valence-corrected chi connectivity index (χ4v) is 4.51. The zero-order chi connectivity index (χ0) is 24.8. The van der Waals surface area contributed by atoms with Crippen LogP contribution in [0.3, 0.4) is 0 Å². The molecule has 1 fully saturated rings. The molecule has 2 heterocycles. The summed E-state index contributed by atoms with van der Waals surface area (Å²) in [5.74, 6) is -0.0459. The average Bonchev–Trinajstić information content (AvgIpc) is 2.88. The van der Waals surface area contributed by atoms with Crippen LogP contribution in [-0.4, -0.2) is 53.8 Å². The maximum atomic E-state index is 13.1. The van der Waals surface area contributed by atoms with Gasteiger partial charge < -0.3 is 24.8 Å². The summed E-state index contributed by atoms with van der Waals surface area (Å²) in [4.78, 5) is 44.6. The number of aryl methyl sites for hydroxylation is 1. The van der Waals surface area contributed by atoms with Gasteiger partial charge in [0.25, 0.3) is 5.56 Å². The van der Waals surface area contributed by atoms with E-state index in [2.05, 4.69) is 15.6 Å². The summed E-state index contributed by atoms with van der Waals surface area (Å²) in [5, 5.41) is 5.71. The zero-order valence-corrected chi connectivity index (χ0v) is 20.1. The molecule has 0 aliphatic carbocycles. The highest BCUT2D eigenvalue weighted by Crippen LogP contribution is 2.19. The van der Waals surface area contributed by atoms with E-state index in [1.807, 2.05) is 66.4 Å². The Morgan fingerprint density at radius 3 is 2.46 bits per heavy atom. The van der Waals surface area contributed by atoms with E-state index < -0.39 is 18.0 Å². The predicted molar refractivity (Wildman–Crippen MR) is 135 cm³/mol. The van der Waals surface area contributed by atoms with Crippen LogP contribution >= 0.6 is 0 Å². The zero-order valence-electron chi connectivity index (χ0n) is 20.1. The van der Waals surface area contributed by atoms with E-state index in [1.165, 1.54) is 7.11 Å². The number of anilines is 1. The number of hydrogen-bond donors (Lipinski definition) is 2. The lowest BCUT2D eigenvalue weighted by Gasteiger charge is -2.33. The first-order chi connectivity index (χ1) is 17.0. The van der Waals surface area contributed by atoms with Crippen molar-refractivity contribution in [3.8, 4) is 0 Å². The van der Waals surface area contributed by atoms with Crippen molar-refractivity contribution in [2.75, 3.05) is 25.1 Å². The summed E-state index contributed by atoms with van der Waals surface area (Å²) in [7, 11) is 1.31. The van der Waals surface area contributed by atoms with Crippen molar-refractivity contribution in [3.63, 3.8) is 0 Å². The Bertz CT molecular complexity index is 1240. The van der Waals surface area contributed by atoms with Gasteiger partial charge in [-0.05, 0) is 37.5 Å². The van der Waals surface area contributed by atoms with E-state index in [0.29, 0.717) is 44.7 Å².